The third-order valence-electron chi connectivity index (χ3n) is 9.98. The first-order valence-corrected chi connectivity index (χ1v) is 19.3. The van der Waals surface area contributed by atoms with Crippen molar-refractivity contribution < 1.29 is 28.3 Å². The van der Waals surface area contributed by atoms with Crippen LogP contribution in [0.3, 0.4) is 0 Å². The Balaban J connectivity index is 1.00. The molecule has 17 nitrogen and oxygen atoms in total. The Bertz CT molecular complexity index is 2660. The molecule has 5 N–H and O–H groups in total. The summed E-state index contributed by atoms with van der Waals surface area (Å²) < 4.78 is 22.3. The van der Waals surface area contributed by atoms with Gasteiger partial charge in [0.1, 0.15) is 17.7 Å². The van der Waals surface area contributed by atoms with Gasteiger partial charge >= 0.3 is 5.69 Å². The van der Waals surface area contributed by atoms with Gasteiger partial charge in [0, 0.05) is 50.6 Å². The molecule has 6 aromatic rings. The number of fused-ring (bicyclic) bond motifs is 1. The number of pyridine rings is 2. The number of imide groups is 1. The van der Waals surface area contributed by atoms with Gasteiger partial charge in [-0.15, -0.1) is 0 Å². The Kier molecular flexibility index (Phi) is 12.2. The second kappa shape index (κ2) is 18.0. The van der Waals surface area contributed by atoms with Gasteiger partial charge in [0.05, 0.1) is 53.0 Å². The Morgan fingerprint density at radius 1 is 0.900 bits per heavy atom. The van der Waals surface area contributed by atoms with Crippen LogP contribution in [0.4, 0.5) is 27.4 Å². The van der Waals surface area contributed by atoms with Crippen molar-refractivity contribution in [3.8, 4) is 17.1 Å². The third-order valence-corrected chi connectivity index (χ3v) is 9.98. The zero-order valence-electron chi connectivity index (χ0n) is 33.0. The van der Waals surface area contributed by atoms with Gasteiger partial charge in [-0.2, -0.15) is 0 Å². The zero-order valence-corrected chi connectivity index (χ0v) is 33.0. The first-order valence-electron chi connectivity index (χ1n) is 19.3. The number of carbonyl (C=O) groups is 4. The predicted octanol–water partition coefficient (Wildman–Crippen LogP) is 4.70. The molecule has 1 atom stereocenters. The Hall–Kier alpha value is -7.50. The highest BCUT2D eigenvalue weighted by Gasteiger charge is 2.31. The minimum absolute atomic E-state index is 0.165. The van der Waals surface area contributed by atoms with Crippen LogP contribution < -0.4 is 37.0 Å². The number of amides is 4. The molecule has 0 bridgehead atoms. The summed E-state index contributed by atoms with van der Waals surface area (Å²) in [6.07, 6.45) is 7.46. The van der Waals surface area contributed by atoms with Crippen molar-refractivity contribution >= 4 is 57.7 Å². The van der Waals surface area contributed by atoms with Gasteiger partial charge in [0.2, 0.25) is 11.8 Å². The molecule has 308 valence electrons. The molecule has 1 aliphatic heterocycles. The number of methoxy groups -OCH3 is 1. The van der Waals surface area contributed by atoms with E-state index in [1.165, 1.54) is 24.1 Å². The number of ether oxygens (including phenoxy) is 1. The van der Waals surface area contributed by atoms with Crippen molar-refractivity contribution in [1.29, 1.82) is 0 Å². The van der Waals surface area contributed by atoms with Crippen molar-refractivity contribution in [2.75, 3.05) is 30.8 Å². The summed E-state index contributed by atoms with van der Waals surface area (Å²) in [7, 11) is 3.15. The molecule has 7 rings (SSSR count). The van der Waals surface area contributed by atoms with Crippen LogP contribution in [0.5, 0.6) is 5.75 Å². The van der Waals surface area contributed by atoms with E-state index >= 15 is 0 Å². The fraction of sp³-hybridized carbons (Fsp3) is 0.262. The van der Waals surface area contributed by atoms with Crippen LogP contribution in [-0.4, -0.2) is 72.9 Å². The SMILES string of the molecule is CCNC(=O)c1cnc(Nc2cc(C(=O)NCCCCc3cccc4c3n(C)c(=O)n4C3CCC(=O)NC3=O)ccn2)cc1Nc1cccc(-c2ncc(F)cn2)c1OC. The van der Waals surface area contributed by atoms with Gasteiger partial charge in [-0.25, -0.2) is 29.1 Å². The fourth-order valence-electron chi connectivity index (χ4n) is 7.16. The van der Waals surface area contributed by atoms with E-state index < -0.39 is 17.8 Å². The number of nitrogens with one attached hydrogen (secondary N) is 5. The number of imidazole rings is 1. The van der Waals surface area contributed by atoms with E-state index in [1.54, 1.807) is 61.0 Å². The van der Waals surface area contributed by atoms with Crippen molar-refractivity contribution in [2.45, 2.75) is 45.1 Å². The van der Waals surface area contributed by atoms with Crippen molar-refractivity contribution in [2.24, 2.45) is 7.05 Å². The largest absolute Gasteiger partial charge is 0.494 e. The summed E-state index contributed by atoms with van der Waals surface area (Å²) >= 11 is 0. The lowest BCUT2D eigenvalue weighted by Gasteiger charge is -2.21. The molecular formula is C42H42FN11O6. The van der Waals surface area contributed by atoms with Gasteiger partial charge in [-0.1, -0.05) is 18.2 Å². The number of piperidine rings is 1. The molecule has 0 spiro atoms. The molecule has 4 amide bonds. The number of nitrogens with zero attached hydrogens (tertiary/aromatic N) is 6. The molecule has 0 radical (unpaired) electrons. The number of aromatic nitrogens is 6. The molecular weight excluding hydrogens is 774 g/mol. The summed E-state index contributed by atoms with van der Waals surface area (Å²) in [5.41, 5.74) is 3.96. The molecule has 5 heterocycles. The lowest BCUT2D eigenvalue weighted by atomic mass is 10.0. The van der Waals surface area contributed by atoms with Crippen LogP contribution >= 0.6 is 0 Å². The van der Waals surface area contributed by atoms with Crippen LogP contribution in [-0.2, 0) is 23.1 Å². The number of hydrogen-bond acceptors (Lipinski definition) is 12. The lowest BCUT2D eigenvalue weighted by Crippen LogP contribution is -2.44. The third kappa shape index (κ3) is 8.66. The Labute approximate surface area is 342 Å². The van der Waals surface area contributed by atoms with Crippen LogP contribution in [0.25, 0.3) is 22.4 Å². The smallest absolute Gasteiger partial charge is 0.329 e. The van der Waals surface area contributed by atoms with Crippen LogP contribution in [0.15, 0.2) is 84.2 Å². The summed E-state index contributed by atoms with van der Waals surface area (Å²) in [5, 5.41) is 14.5. The highest BCUT2D eigenvalue weighted by molar-refractivity contribution is 6.01. The second-order valence-corrected chi connectivity index (χ2v) is 13.9. The average Bonchev–Trinajstić information content (AvgIpc) is 3.50. The maximum atomic E-state index is 13.6. The molecule has 0 aliphatic carbocycles. The number of benzene rings is 2. The number of unbranched alkanes of at least 4 members (excludes halogenated alkanes) is 1. The predicted molar refractivity (Wildman–Crippen MR) is 221 cm³/mol. The zero-order chi connectivity index (χ0) is 42.3. The average molecular weight is 816 g/mol. The maximum Gasteiger partial charge on any atom is 0.329 e. The van der Waals surface area contributed by atoms with Crippen molar-refractivity contribution in [3.05, 3.63) is 112 Å². The molecule has 2 aromatic carbocycles. The minimum atomic E-state index is -0.760. The number of rotatable bonds is 15. The molecule has 0 saturated carbocycles. The number of para-hydroxylation sites is 2. The quantitative estimate of drug-likeness (QED) is 0.0705. The molecule has 1 aliphatic rings. The Morgan fingerprint density at radius 3 is 2.45 bits per heavy atom. The highest BCUT2D eigenvalue weighted by atomic mass is 19.1. The highest BCUT2D eigenvalue weighted by Crippen LogP contribution is 2.37. The normalized spacial score (nSPS) is 13.8. The Morgan fingerprint density at radius 2 is 1.68 bits per heavy atom. The van der Waals surface area contributed by atoms with Crippen molar-refractivity contribution in [3.63, 3.8) is 0 Å². The van der Waals surface area contributed by atoms with E-state index in [4.69, 9.17) is 4.74 Å². The maximum absolute atomic E-state index is 13.6. The molecule has 60 heavy (non-hydrogen) atoms. The first kappa shape index (κ1) is 40.7. The van der Waals surface area contributed by atoms with E-state index in [0.29, 0.717) is 77.8 Å². The van der Waals surface area contributed by atoms with E-state index in [1.807, 2.05) is 12.1 Å². The summed E-state index contributed by atoms with van der Waals surface area (Å²) in [6, 6.07) is 14.9. The summed E-state index contributed by atoms with van der Waals surface area (Å²) in [6.45, 7) is 2.59. The van der Waals surface area contributed by atoms with Gasteiger partial charge in [0.15, 0.2) is 17.4 Å². The van der Waals surface area contributed by atoms with Crippen LogP contribution in [0.2, 0.25) is 0 Å². The monoisotopic (exact) mass is 815 g/mol. The number of carbonyl (C=O) groups excluding carboxylic acids is 4. The topological polar surface area (TPSA) is 216 Å². The van der Waals surface area contributed by atoms with E-state index in [9.17, 15) is 28.4 Å². The van der Waals surface area contributed by atoms with Crippen LogP contribution in [0.1, 0.15) is 64.9 Å². The number of anilines is 4. The van der Waals surface area contributed by atoms with Gasteiger partial charge in [-0.05, 0) is 68.5 Å². The summed E-state index contributed by atoms with van der Waals surface area (Å²) in [5.74, 6) is -0.791. The number of halogens is 1. The number of hydrogen-bond donors (Lipinski definition) is 5. The van der Waals surface area contributed by atoms with Crippen LogP contribution in [0, 0.1) is 5.82 Å². The molecule has 4 aromatic heterocycles. The van der Waals surface area contributed by atoms with Gasteiger partial charge < -0.3 is 26.0 Å². The fourth-order valence-corrected chi connectivity index (χ4v) is 7.16. The van der Waals surface area contributed by atoms with E-state index in [-0.39, 0.29) is 47.6 Å². The van der Waals surface area contributed by atoms with Gasteiger partial charge in [0.25, 0.3) is 11.8 Å². The van der Waals surface area contributed by atoms with E-state index in [2.05, 4.69) is 46.5 Å². The van der Waals surface area contributed by atoms with E-state index in [0.717, 1.165) is 23.5 Å². The minimum Gasteiger partial charge on any atom is -0.494 e. The first-order chi connectivity index (χ1) is 29.1. The molecule has 1 saturated heterocycles. The molecule has 1 unspecified atom stereocenters. The standard InChI is InChI=1S/C42H42FN11O6/c1-4-44-40(57)28-23-47-34(20-30(28)50-29-12-8-11-27(37(29)60-3)38-48-21-26(43)22-49-38)51-33-19-25(16-18-45-33)39(56)46-17-6-5-9-24-10-7-13-31-36(24)53(2)42(59)54(31)32-14-15-35(55)52-41(32)58/h7-8,10-13,16,18-23,32H,4-6,9,14-15,17H2,1-3H3,(H,44,57)(H,46,56)(H,52,55,58)(H2,45,47,50,51). The van der Waals surface area contributed by atoms with Crippen molar-refractivity contribution in [1.82, 2.24) is 45.0 Å². The molecule has 18 heteroatoms. The second-order valence-electron chi connectivity index (χ2n) is 13.9. The van der Waals surface area contributed by atoms with Gasteiger partial charge in [-0.3, -0.25) is 33.6 Å². The molecule has 1 fully saturated rings. The lowest BCUT2D eigenvalue weighted by molar-refractivity contribution is -0.135. The summed E-state index contributed by atoms with van der Waals surface area (Å²) in [4.78, 5) is 80.9. The number of aryl methyl sites for hydroxylation is 2.